The van der Waals surface area contributed by atoms with Crippen LogP contribution >= 0.6 is 0 Å². The second-order valence-electron chi connectivity index (χ2n) is 22.0. The maximum absolute atomic E-state index is 13.1. The minimum Gasteiger partial charge on any atom is -0.478 e. The number of Topliss-reactive ketones (excluding diaryl/α,β-unsaturated/α-hetero) is 1. The maximum atomic E-state index is 13.1. The molecule has 0 fully saturated rings. The third-order valence-electron chi connectivity index (χ3n) is 13.7. The number of nitrogens with zero attached hydrogens (tertiary/aromatic N) is 2. The van der Waals surface area contributed by atoms with E-state index in [1.54, 1.807) is 86.1 Å². The first-order chi connectivity index (χ1) is 42.2. The van der Waals surface area contributed by atoms with E-state index >= 15 is 0 Å². The molecule has 0 spiro atoms. The van der Waals surface area contributed by atoms with Crippen molar-refractivity contribution in [3.63, 3.8) is 0 Å². The van der Waals surface area contributed by atoms with Crippen LogP contribution < -0.4 is 5.73 Å². The zero-order chi connectivity index (χ0) is 67.0. The molecule has 0 aromatic heterocycles. The Bertz CT molecular complexity index is 2530. The topological polar surface area (TPSA) is 391 Å². The summed E-state index contributed by atoms with van der Waals surface area (Å²) in [6.07, 6.45) is 34.8. The Morgan fingerprint density at radius 1 is 0.551 bits per heavy atom. The number of carbonyl (C=O) groups is 2. The zero-order valence-electron chi connectivity index (χ0n) is 52.4. The smallest absolute Gasteiger partial charge is 0.397 e. The fourth-order valence-electron chi connectivity index (χ4n) is 8.39. The molecule has 15 atom stereocenters. The van der Waals surface area contributed by atoms with Crippen LogP contribution in [0.2, 0.25) is 0 Å². The lowest BCUT2D eigenvalue weighted by Crippen LogP contribution is -2.37. The molecule has 0 saturated heterocycles. The van der Waals surface area contributed by atoms with Crippen LogP contribution in [-0.2, 0) is 24.2 Å². The van der Waals surface area contributed by atoms with Crippen LogP contribution in [0.5, 0.6) is 0 Å². The number of aliphatic imine (C=N–C) groups is 2. The summed E-state index contributed by atoms with van der Waals surface area (Å²) in [5.74, 6) is -3.61. The summed E-state index contributed by atoms with van der Waals surface area (Å²) >= 11 is 0. The molecule has 15 N–H and O–H groups in total. The van der Waals surface area contributed by atoms with Gasteiger partial charge in [-0.1, -0.05) is 192 Å². The van der Waals surface area contributed by atoms with E-state index in [2.05, 4.69) is 16.9 Å². The summed E-state index contributed by atoms with van der Waals surface area (Å²) in [4.78, 5) is 32.2. The van der Waals surface area contributed by atoms with Gasteiger partial charge in [0.25, 0.3) is 0 Å². The van der Waals surface area contributed by atoms with Gasteiger partial charge in [0, 0.05) is 55.3 Å². The number of aliphatic hydroxyl groups excluding tert-OH is 11. The van der Waals surface area contributed by atoms with Gasteiger partial charge in [-0.2, -0.15) is 8.42 Å². The van der Waals surface area contributed by atoms with Gasteiger partial charge in [-0.3, -0.25) is 14.3 Å². The number of aliphatic carboxylic acids is 1. The van der Waals surface area contributed by atoms with E-state index < -0.39 is 114 Å². The Morgan fingerprint density at radius 2 is 1.04 bits per heavy atom. The zero-order valence-corrected chi connectivity index (χ0v) is 53.2. The van der Waals surface area contributed by atoms with Gasteiger partial charge in [-0.15, -0.1) is 0 Å². The van der Waals surface area contributed by atoms with Crippen molar-refractivity contribution < 1.29 is 88.0 Å². The number of nitrogens with two attached hydrogens (primary N) is 1. The molecule has 0 aliphatic rings. The molecule has 0 aliphatic carbocycles. The molecule has 15 unspecified atom stereocenters. The van der Waals surface area contributed by atoms with Crippen molar-refractivity contribution in [2.24, 2.45) is 33.5 Å². The molecule has 0 aliphatic heterocycles. The minimum atomic E-state index is -5.04. The van der Waals surface area contributed by atoms with E-state index in [0.29, 0.717) is 19.4 Å². The number of carbonyl (C=O) groups excluding carboxylic acids is 1. The number of carboxylic acids is 1. The summed E-state index contributed by atoms with van der Waals surface area (Å²) in [6, 6.07) is 0. The lowest BCUT2D eigenvalue weighted by atomic mass is 9.88. The number of carboxylic acid groups (broad SMARTS) is 1. The molecule has 0 heterocycles. The summed E-state index contributed by atoms with van der Waals surface area (Å²) in [5.41, 5.74) is 6.03. The van der Waals surface area contributed by atoms with E-state index in [0.717, 1.165) is 38.5 Å². The number of rotatable bonds is 49. The van der Waals surface area contributed by atoms with Crippen LogP contribution in [0, 0.1) is 17.8 Å². The summed E-state index contributed by atoms with van der Waals surface area (Å²) < 4.78 is 37.4. The predicted molar refractivity (Wildman–Crippen MR) is 351 cm³/mol. The molecule has 0 radical (unpaired) electrons. The molecule has 22 heteroatoms. The Kier molecular flexibility index (Phi) is 47.8. The SMILES string of the molecule is CCCCC/C=N\C(N)=NCCCC(O)CC(O)C/C=C/C(O)CC(O)C/C=C/C(O)CC(O)CC(O)C/C=C/C(O)CC(O)C(=O)C(C)C(\C=C/C=C/C=C/C=C/C=C/C=C/C(O)C(C)C(O)C(C)/C=C/CC/C=C/C=C/C=C(\C)C(=O)O)OS(=O)(=O)O. The predicted octanol–water partition coefficient (Wildman–Crippen LogP) is 6.97. The van der Waals surface area contributed by atoms with E-state index in [9.17, 15) is 78.7 Å². The summed E-state index contributed by atoms with van der Waals surface area (Å²) in [6.45, 7) is 8.96. The molecular formula is C67H105N3O18S. The van der Waals surface area contributed by atoms with Crippen LogP contribution in [0.4, 0.5) is 0 Å². The fraction of sp³-hybridized carbons (Fsp3) is 0.552. The van der Waals surface area contributed by atoms with Gasteiger partial charge < -0.3 is 67.0 Å². The fourth-order valence-corrected chi connectivity index (χ4v) is 8.90. The lowest BCUT2D eigenvalue weighted by Gasteiger charge is -2.25. The van der Waals surface area contributed by atoms with E-state index in [1.807, 2.05) is 31.2 Å². The van der Waals surface area contributed by atoms with Crippen LogP contribution in [0.3, 0.4) is 0 Å². The van der Waals surface area contributed by atoms with Crippen LogP contribution in [-0.4, -0.2) is 178 Å². The first kappa shape index (κ1) is 83.3. The quantitative estimate of drug-likeness (QED) is 0.00556. The largest absolute Gasteiger partial charge is 0.478 e. The molecule has 0 amide bonds. The normalized spacial score (nSPS) is 19.0. The highest BCUT2D eigenvalue weighted by molar-refractivity contribution is 7.80. The Hall–Kier alpha value is -5.67. The number of allylic oxidation sites excluding steroid dienone is 16. The van der Waals surface area contributed by atoms with E-state index in [-0.39, 0.29) is 62.4 Å². The first-order valence-electron chi connectivity index (χ1n) is 30.6. The first-order valence-corrected chi connectivity index (χ1v) is 32.0. The monoisotopic (exact) mass is 1270 g/mol. The molecule has 0 aromatic rings. The Balaban J connectivity index is 4.84. The number of aliphatic hydroxyl groups is 11. The van der Waals surface area contributed by atoms with Gasteiger partial charge >= 0.3 is 16.4 Å². The van der Waals surface area contributed by atoms with Crippen molar-refractivity contribution in [1.29, 1.82) is 0 Å². The Labute approximate surface area is 528 Å². The molecule has 21 nitrogen and oxygen atoms in total. The molecule has 502 valence electrons. The number of unbranched alkanes of at least 4 members (excludes halogenated alkanes) is 4. The average molecular weight is 1270 g/mol. The molecule has 0 aromatic carbocycles. The second kappa shape index (κ2) is 51.0. The van der Waals surface area contributed by atoms with Gasteiger partial charge in [-0.25, -0.2) is 14.0 Å². The van der Waals surface area contributed by atoms with Crippen molar-refractivity contribution in [1.82, 2.24) is 0 Å². The third-order valence-corrected chi connectivity index (χ3v) is 14.2. The molecule has 89 heavy (non-hydrogen) atoms. The highest BCUT2D eigenvalue weighted by Crippen LogP contribution is 2.21. The number of hydrogen-bond donors (Lipinski definition) is 14. The minimum absolute atomic E-state index is 0.0249. The summed E-state index contributed by atoms with van der Waals surface area (Å²) in [5, 5.41) is 124. The Morgan fingerprint density at radius 3 is 1.60 bits per heavy atom. The van der Waals surface area contributed by atoms with E-state index in [4.69, 9.17) is 15.0 Å². The number of ketones is 1. The van der Waals surface area contributed by atoms with Gasteiger partial charge in [0.05, 0.1) is 61.0 Å². The van der Waals surface area contributed by atoms with Crippen molar-refractivity contribution in [3.8, 4) is 0 Å². The highest BCUT2D eigenvalue weighted by Gasteiger charge is 2.32. The van der Waals surface area contributed by atoms with Gasteiger partial charge in [-0.05, 0) is 77.6 Å². The van der Waals surface area contributed by atoms with Crippen molar-refractivity contribution in [2.75, 3.05) is 6.54 Å². The van der Waals surface area contributed by atoms with Crippen LogP contribution in [0.1, 0.15) is 137 Å². The molecular weight excluding hydrogens is 1170 g/mol. The molecule has 0 bridgehead atoms. The number of guanidine groups is 1. The van der Waals surface area contributed by atoms with Crippen molar-refractivity contribution in [3.05, 3.63) is 157 Å². The van der Waals surface area contributed by atoms with Gasteiger partial charge in [0.1, 0.15) is 12.2 Å². The third kappa shape index (κ3) is 47.0. The van der Waals surface area contributed by atoms with E-state index in [1.165, 1.54) is 68.5 Å². The van der Waals surface area contributed by atoms with Gasteiger partial charge in [0.15, 0.2) is 5.78 Å². The summed E-state index contributed by atoms with van der Waals surface area (Å²) in [7, 11) is -5.04. The maximum Gasteiger partial charge on any atom is 0.397 e. The number of hydrogen-bond acceptors (Lipinski definition) is 17. The van der Waals surface area contributed by atoms with Gasteiger partial charge in [0.2, 0.25) is 5.96 Å². The van der Waals surface area contributed by atoms with Crippen LogP contribution in [0.15, 0.2) is 167 Å². The van der Waals surface area contributed by atoms with Crippen molar-refractivity contribution >= 4 is 34.3 Å². The highest BCUT2D eigenvalue weighted by atomic mass is 32.3. The van der Waals surface area contributed by atoms with Crippen LogP contribution in [0.25, 0.3) is 0 Å². The van der Waals surface area contributed by atoms with Crippen molar-refractivity contribution in [2.45, 2.75) is 211 Å². The molecule has 0 rings (SSSR count). The molecule has 0 saturated carbocycles. The lowest BCUT2D eigenvalue weighted by molar-refractivity contribution is -0.134. The standard InChI is InChI=1S/C67H105N3O18S/c1-6-7-8-26-42-69-67(68)70-43-30-39-58(76)45-55(73)34-27-33-53(71)44-54(72)35-28-36-56(74)46-60(78)47-57(75)37-29-38-59(77)48-62(80)65(82)52(5)63(88-89(85,86)87)41-25-21-17-12-10-9-11-16-20-24-40-61(79)51(4)64(81)49(2)31-22-18-14-13-15-19-23-32-50(3)66(83)84/h9-13,15-17,19-25,27-29,31-33,36,38,40-42,49,51-64,71-81H,6-8,14,18,26,30,34-35,37,39,43-48H2,1-5H3,(H2,68,70)(H,83,84)(H,85,86,87)/b11-9+,12-10+,15-13+,20-16+,21-17+,23-19+,31-22+,33-27+,36-28+,38-29+,40-24+,41-25-,50-32+,69-42-. The average Bonchev–Trinajstić information content (AvgIpc) is 3.58. The second-order valence-corrected chi connectivity index (χ2v) is 23.1.